The van der Waals surface area contributed by atoms with E-state index in [1.807, 2.05) is 41.0 Å². The van der Waals surface area contributed by atoms with Crippen molar-refractivity contribution in [1.29, 1.82) is 0 Å². The van der Waals surface area contributed by atoms with Crippen molar-refractivity contribution in [2.45, 2.75) is 6.92 Å². The van der Waals surface area contributed by atoms with Crippen molar-refractivity contribution in [2.24, 2.45) is 0 Å². The molecule has 0 N–H and O–H groups in total. The van der Waals surface area contributed by atoms with Crippen molar-refractivity contribution in [3.8, 4) is 5.69 Å². The number of carbonyl (C=O) groups is 1. The second-order valence-corrected chi connectivity index (χ2v) is 4.42. The molecule has 0 saturated heterocycles. The van der Waals surface area contributed by atoms with E-state index in [1.165, 1.54) is 5.56 Å². The Balaban J connectivity index is 2.36. The Kier molecular flexibility index (Phi) is 2.49. The third-order valence-electron chi connectivity index (χ3n) is 3.12. The van der Waals surface area contributed by atoms with Gasteiger partial charge >= 0.3 is 0 Å². The molecule has 2 heteroatoms. The summed E-state index contributed by atoms with van der Waals surface area (Å²) >= 11 is 0. The Morgan fingerprint density at radius 3 is 2.50 bits per heavy atom. The van der Waals surface area contributed by atoms with Gasteiger partial charge in [-0.05, 0) is 37.3 Å². The van der Waals surface area contributed by atoms with E-state index in [4.69, 9.17) is 0 Å². The summed E-state index contributed by atoms with van der Waals surface area (Å²) in [6, 6.07) is 18.1. The SMILES string of the molecule is Cc1ccc2c(c1)cc(C=O)n2-c1ccccc1. The average molecular weight is 235 g/mol. The molecule has 1 aromatic heterocycles. The highest BCUT2D eigenvalue weighted by Crippen LogP contribution is 2.24. The van der Waals surface area contributed by atoms with Crippen LogP contribution in [0.15, 0.2) is 54.6 Å². The summed E-state index contributed by atoms with van der Waals surface area (Å²) in [6.07, 6.45) is 0.905. The van der Waals surface area contributed by atoms with Crippen molar-refractivity contribution in [3.05, 3.63) is 65.9 Å². The minimum Gasteiger partial charge on any atom is -0.307 e. The van der Waals surface area contributed by atoms with E-state index in [0.29, 0.717) is 5.69 Å². The smallest absolute Gasteiger partial charge is 0.166 e. The number of aryl methyl sites for hydroxylation is 1. The van der Waals surface area contributed by atoms with E-state index in [1.54, 1.807) is 0 Å². The lowest BCUT2D eigenvalue weighted by Crippen LogP contribution is -1.98. The Morgan fingerprint density at radius 2 is 1.78 bits per heavy atom. The standard InChI is InChI=1S/C16H13NO/c1-12-7-8-16-13(9-12)10-15(11-18)17(16)14-5-3-2-4-6-14/h2-11H,1H3. The minimum atomic E-state index is 0.682. The molecule has 0 radical (unpaired) electrons. The van der Waals surface area contributed by atoms with Gasteiger partial charge in [0.1, 0.15) is 0 Å². The van der Waals surface area contributed by atoms with Gasteiger partial charge in [-0.3, -0.25) is 4.79 Å². The van der Waals surface area contributed by atoms with Gasteiger partial charge in [0.15, 0.2) is 6.29 Å². The summed E-state index contributed by atoms with van der Waals surface area (Å²) in [4.78, 5) is 11.2. The molecule has 2 nitrogen and oxygen atoms in total. The number of hydrogen-bond acceptors (Lipinski definition) is 1. The molecule has 0 aliphatic heterocycles. The van der Waals surface area contributed by atoms with Crippen LogP contribution in [0.2, 0.25) is 0 Å². The first-order chi connectivity index (χ1) is 8.79. The number of hydrogen-bond donors (Lipinski definition) is 0. The highest BCUT2D eigenvalue weighted by atomic mass is 16.1. The van der Waals surface area contributed by atoms with Crippen molar-refractivity contribution < 1.29 is 4.79 Å². The van der Waals surface area contributed by atoms with Gasteiger partial charge < -0.3 is 4.57 Å². The molecule has 0 fully saturated rings. The van der Waals surface area contributed by atoms with Crippen LogP contribution in [0.3, 0.4) is 0 Å². The highest BCUT2D eigenvalue weighted by molar-refractivity contribution is 5.91. The van der Waals surface area contributed by atoms with Crippen LogP contribution >= 0.6 is 0 Å². The van der Waals surface area contributed by atoms with Crippen LogP contribution in [0.1, 0.15) is 16.1 Å². The summed E-state index contributed by atoms with van der Waals surface area (Å²) in [5.41, 5.74) is 3.96. The Labute approximate surface area is 105 Å². The molecule has 0 atom stereocenters. The number of para-hydroxylation sites is 1. The number of aldehydes is 1. The Morgan fingerprint density at radius 1 is 1.00 bits per heavy atom. The van der Waals surface area contributed by atoms with Gasteiger partial charge in [-0.15, -0.1) is 0 Å². The zero-order valence-corrected chi connectivity index (χ0v) is 10.1. The maximum atomic E-state index is 11.2. The van der Waals surface area contributed by atoms with E-state index in [-0.39, 0.29) is 0 Å². The third-order valence-corrected chi connectivity index (χ3v) is 3.12. The largest absolute Gasteiger partial charge is 0.307 e. The first-order valence-corrected chi connectivity index (χ1v) is 5.92. The number of nitrogens with zero attached hydrogens (tertiary/aromatic N) is 1. The molecule has 2 aromatic carbocycles. The van der Waals surface area contributed by atoms with Crippen LogP contribution in [-0.4, -0.2) is 10.9 Å². The Hall–Kier alpha value is -2.35. The zero-order valence-electron chi connectivity index (χ0n) is 10.1. The maximum absolute atomic E-state index is 11.2. The minimum absolute atomic E-state index is 0.682. The van der Waals surface area contributed by atoms with Gasteiger partial charge in [0.05, 0.1) is 11.2 Å². The molecule has 1 heterocycles. The highest BCUT2D eigenvalue weighted by Gasteiger charge is 2.09. The molecular formula is C16H13NO. The maximum Gasteiger partial charge on any atom is 0.166 e. The first-order valence-electron chi connectivity index (χ1n) is 5.92. The summed E-state index contributed by atoms with van der Waals surface area (Å²) in [5, 5.41) is 1.10. The normalized spacial score (nSPS) is 10.7. The van der Waals surface area contributed by atoms with Crippen molar-refractivity contribution in [1.82, 2.24) is 4.57 Å². The topological polar surface area (TPSA) is 22.0 Å². The van der Waals surface area contributed by atoms with E-state index in [9.17, 15) is 4.79 Å². The van der Waals surface area contributed by atoms with Gasteiger partial charge in [-0.25, -0.2) is 0 Å². The lowest BCUT2D eigenvalue weighted by atomic mass is 10.2. The quantitative estimate of drug-likeness (QED) is 0.620. The summed E-state index contributed by atoms with van der Waals surface area (Å²) in [6.45, 7) is 2.06. The molecule has 0 aliphatic rings. The Bertz CT molecular complexity index is 711. The molecule has 0 unspecified atom stereocenters. The summed E-state index contributed by atoms with van der Waals surface area (Å²) < 4.78 is 1.99. The van der Waals surface area contributed by atoms with Crippen molar-refractivity contribution in [3.63, 3.8) is 0 Å². The molecule has 0 aliphatic carbocycles. The van der Waals surface area contributed by atoms with Crippen LogP contribution in [0.5, 0.6) is 0 Å². The fraction of sp³-hybridized carbons (Fsp3) is 0.0625. The van der Waals surface area contributed by atoms with Crippen LogP contribution in [-0.2, 0) is 0 Å². The molecule has 0 bridgehead atoms. The second kappa shape index (κ2) is 4.15. The number of aromatic nitrogens is 1. The molecule has 18 heavy (non-hydrogen) atoms. The molecule has 88 valence electrons. The second-order valence-electron chi connectivity index (χ2n) is 4.42. The number of benzene rings is 2. The van der Waals surface area contributed by atoms with Crippen molar-refractivity contribution >= 4 is 17.2 Å². The fourth-order valence-corrected chi connectivity index (χ4v) is 2.31. The first kappa shape index (κ1) is 10.8. The lowest BCUT2D eigenvalue weighted by Gasteiger charge is -2.07. The average Bonchev–Trinajstić information content (AvgIpc) is 2.77. The van der Waals surface area contributed by atoms with Gasteiger partial charge in [0.2, 0.25) is 0 Å². The molecule has 0 saturated carbocycles. The van der Waals surface area contributed by atoms with Crippen LogP contribution in [0.4, 0.5) is 0 Å². The van der Waals surface area contributed by atoms with Crippen LogP contribution < -0.4 is 0 Å². The van der Waals surface area contributed by atoms with E-state index in [2.05, 4.69) is 25.1 Å². The monoisotopic (exact) mass is 235 g/mol. The summed E-state index contributed by atoms with van der Waals surface area (Å²) in [5.74, 6) is 0. The van der Waals surface area contributed by atoms with Gasteiger partial charge in [0, 0.05) is 11.1 Å². The molecule has 3 rings (SSSR count). The lowest BCUT2D eigenvalue weighted by molar-refractivity contribution is 0.111. The van der Waals surface area contributed by atoms with E-state index < -0.39 is 0 Å². The zero-order chi connectivity index (χ0) is 12.5. The molecule has 0 amide bonds. The van der Waals surface area contributed by atoms with E-state index in [0.717, 1.165) is 22.9 Å². The molecule has 0 spiro atoms. The molecular weight excluding hydrogens is 222 g/mol. The number of carbonyl (C=O) groups excluding carboxylic acids is 1. The number of rotatable bonds is 2. The molecule has 3 aromatic rings. The van der Waals surface area contributed by atoms with Crippen LogP contribution in [0.25, 0.3) is 16.6 Å². The van der Waals surface area contributed by atoms with E-state index >= 15 is 0 Å². The van der Waals surface area contributed by atoms with Crippen molar-refractivity contribution in [2.75, 3.05) is 0 Å². The third kappa shape index (κ3) is 1.63. The van der Waals surface area contributed by atoms with Gasteiger partial charge in [-0.2, -0.15) is 0 Å². The van der Waals surface area contributed by atoms with Gasteiger partial charge in [0.25, 0.3) is 0 Å². The predicted octanol–water partition coefficient (Wildman–Crippen LogP) is 3.75. The number of fused-ring (bicyclic) bond motifs is 1. The summed E-state index contributed by atoms with van der Waals surface area (Å²) in [7, 11) is 0. The van der Waals surface area contributed by atoms with Crippen LogP contribution in [0, 0.1) is 6.92 Å². The predicted molar refractivity (Wildman–Crippen MR) is 73.4 cm³/mol. The van der Waals surface area contributed by atoms with Gasteiger partial charge in [-0.1, -0.05) is 29.8 Å². The fourth-order valence-electron chi connectivity index (χ4n) is 2.31.